The lowest BCUT2D eigenvalue weighted by Crippen LogP contribution is -2.26. The van der Waals surface area contributed by atoms with E-state index in [0.717, 1.165) is 16.2 Å². The molecule has 4 rings (SSSR count). The predicted molar refractivity (Wildman–Crippen MR) is 143 cm³/mol. The second-order valence-electron chi connectivity index (χ2n) is 7.35. The van der Waals surface area contributed by atoms with Gasteiger partial charge in [-0.05, 0) is 48.0 Å². The summed E-state index contributed by atoms with van der Waals surface area (Å²) in [5.41, 5.74) is 1.77. The number of halogens is 2. The number of methoxy groups -OCH3 is 1. The topological polar surface area (TPSA) is 69.0 Å². The van der Waals surface area contributed by atoms with Gasteiger partial charge in [0, 0.05) is 15.7 Å². The van der Waals surface area contributed by atoms with E-state index in [1.807, 2.05) is 65.2 Å². The Balaban J connectivity index is 1.51. The number of amides is 1. The van der Waals surface area contributed by atoms with Crippen molar-refractivity contribution in [3.05, 3.63) is 94.2 Å². The quantitative estimate of drug-likeness (QED) is 0.237. The highest BCUT2D eigenvalue weighted by molar-refractivity contribution is 8.00. The van der Waals surface area contributed by atoms with Gasteiger partial charge in [-0.1, -0.05) is 65.3 Å². The van der Waals surface area contributed by atoms with E-state index in [9.17, 15) is 4.79 Å². The minimum atomic E-state index is -0.0961. The summed E-state index contributed by atoms with van der Waals surface area (Å²) in [6, 6.07) is 22.9. The number of benzene rings is 3. The maximum Gasteiger partial charge on any atom is 0.230 e. The lowest BCUT2D eigenvalue weighted by Gasteiger charge is -2.13. The van der Waals surface area contributed by atoms with Gasteiger partial charge in [-0.15, -0.1) is 22.0 Å². The molecule has 0 atom stereocenters. The number of thioether (sulfide) groups is 2. The Morgan fingerprint density at radius 3 is 2.60 bits per heavy atom. The van der Waals surface area contributed by atoms with Crippen molar-refractivity contribution in [2.24, 2.45) is 0 Å². The third-order valence-electron chi connectivity index (χ3n) is 4.91. The first-order valence-electron chi connectivity index (χ1n) is 10.6. The molecule has 0 saturated heterocycles. The van der Waals surface area contributed by atoms with E-state index < -0.39 is 0 Å². The van der Waals surface area contributed by atoms with Crippen LogP contribution in [0.15, 0.2) is 82.8 Å². The van der Waals surface area contributed by atoms with Crippen molar-refractivity contribution in [2.75, 3.05) is 12.9 Å². The molecule has 3 aromatic carbocycles. The third-order valence-corrected chi connectivity index (χ3v) is 7.46. The number of rotatable bonds is 10. The molecule has 0 radical (unpaired) electrons. The van der Waals surface area contributed by atoms with E-state index in [2.05, 4.69) is 15.5 Å². The number of aromatic nitrogens is 3. The van der Waals surface area contributed by atoms with Gasteiger partial charge >= 0.3 is 0 Å². The average molecular weight is 546 g/mol. The fourth-order valence-electron chi connectivity index (χ4n) is 3.22. The summed E-state index contributed by atoms with van der Waals surface area (Å²) < 4.78 is 7.17. The van der Waals surface area contributed by atoms with Crippen molar-refractivity contribution in [1.29, 1.82) is 0 Å². The first-order chi connectivity index (χ1) is 17.0. The normalized spacial score (nSPS) is 10.8. The van der Waals surface area contributed by atoms with Gasteiger partial charge in [0.05, 0.1) is 30.1 Å². The maximum absolute atomic E-state index is 12.5. The van der Waals surface area contributed by atoms with Crippen molar-refractivity contribution < 1.29 is 9.53 Å². The first kappa shape index (κ1) is 25.4. The molecule has 1 aromatic heterocycles. The lowest BCUT2D eigenvalue weighted by molar-refractivity contribution is -0.118. The molecular formula is C25H22Cl2N4O2S2. The van der Waals surface area contributed by atoms with Gasteiger partial charge in [-0.2, -0.15) is 0 Å². The zero-order chi connectivity index (χ0) is 24.6. The van der Waals surface area contributed by atoms with E-state index in [1.54, 1.807) is 19.2 Å². The second-order valence-corrected chi connectivity index (χ2v) is 10.2. The van der Waals surface area contributed by atoms with E-state index in [1.165, 1.54) is 23.5 Å². The molecule has 6 nitrogen and oxygen atoms in total. The summed E-state index contributed by atoms with van der Waals surface area (Å²) in [4.78, 5) is 13.5. The Hall–Kier alpha value is -2.65. The molecule has 0 fully saturated rings. The molecule has 0 aliphatic rings. The fraction of sp³-hybridized carbons (Fsp3) is 0.160. The van der Waals surface area contributed by atoms with Crippen LogP contribution in [-0.4, -0.2) is 33.5 Å². The molecule has 0 bridgehead atoms. The van der Waals surface area contributed by atoms with Gasteiger partial charge < -0.3 is 10.1 Å². The Morgan fingerprint density at radius 2 is 1.83 bits per heavy atom. The third kappa shape index (κ3) is 6.95. The van der Waals surface area contributed by atoms with Crippen LogP contribution in [0.2, 0.25) is 10.0 Å². The zero-order valence-electron chi connectivity index (χ0n) is 18.8. The molecule has 0 spiro atoms. The molecule has 0 aliphatic carbocycles. The van der Waals surface area contributed by atoms with Gasteiger partial charge in [-0.3, -0.25) is 9.36 Å². The van der Waals surface area contributed by atoms with Gasteiger partial charge in [-0.25, -0.2) is 0 Å². The number of hydrogen-bond donors (Lipinski definition) is 1. The van der Waals surface area contributed by atoms with E-state index in [-0.39, 0.29) is 12.5 Å². The summed E-state index contributed by atoms with van der Waals surface area (Å²) in [5.74, 6) is 2.22. The molecule has 10 heteroatoms. The molecule has 1 heterocycles. The van der Waals surface area contributed by atoms with Crippen LogP contribution in [0.3, 0.4) is 0 Å². The van der Waals surface area contributed by atoms with Crippen LogP contribution in [0.4, 0.5) is 0 Å². The van der Waals surface area contributed by atoms with E-state index in [4.69, 9.17) is 27.9 Å². The van der Waals surface area contributed by atoms with Crippen LogP contribution in [0.1, 0.15) is 11.4 Å². The Labute approximate surface area is 222 Å². The van der Waals surface area contributed by atoms with Crippen molar-refractivity contribution in [1.82, 2.24) is 20.1 Å². The smallest absolute Gasteiger partial charge is 0.230 e. The number of carbonyl (C=O) groups excluding carboxylic acids is 1. The van der Waals surface area contributed by atoms with Crippen molar-refractivity contribution in [3.8, 4) is 11.4 Å². The van der Waals surface area contributed by atoms with Gasteiger partial charge in [0.25, 0.3) is 0 Å². The molecule has 0 aliphatic heterocycles. The number of hydrogen-bond acceptors (Lipinski definition) is 6. The van der Waals surface area contributed by atoms with Crippen LogP contribution in [0, 0.1) is 0 Å². The van der Waals surface area contributed by atoms with Crippen LogP contribution in [-0.2, 0) is 17.1 Å². The first-order valence-corrected chi connectivity index (χ1v) is 13.4. The fourth-order valence-corrected chi connectivity index (χ4v) is 5.37. The van der Waals surface area contributed by atoms with Crippen molar-refractivity contribution in [3.63, 3.8) is 0 Å². The number of ether oxygens (including phenoxy) is 1. The summed E-state index contributed by atoms with van der Waals surface area (Å²) in [6.45, 7) is 0.208. The Kier molecular flexibility index (Phi) is 8.98. The number of carbonyl (C=O) groups is 1. The van der Waals surface area contributed by atoms with Gasteiger partial charge in [0.2, 0.25) is 5.91 Å². The van der Waals surface area contributed by atoms with Crippen LogP contribution in [0.25, 0.3) is 5.69 Å². The summed E-state index contributed by atoms with van der Waals surface area (Å²) in [5, 5.41) is 13.3. The molecule has 0 unspecified atom stereocenters. The van der Waals surface area contributed by atoms with Gasteiger partial charge in [0.15, 0.2) is 11.0 Å². The Morgan fingerprint density at radius 1 is 1.00 bits per heavy atom. The average Bonchev–Trinajstić information content (AvgIpc) is 3.28. The number of nitrogens with zero attached hydrogens (tertiary/aromatic N) is 3. The lowest BCUT2D eigenvalue weighted by atomic mass is 10.2. The van der Waals surface area contributed by atoms with Crippen molar-refractivity contribution >= 4 is 52.6 Å². The van der Waals surface area contributed by atoms with Crippen LogP contribution >= 0.6 is 46.7 Å². The summed E-state index contributed by atoms with van der Waals surface area (Å²) in [6.07, 6.45) is 0. The molecule has 180 valence electrons. The summed E-state index contributed by atoms with van der Waals surface area (Å²) >= 11 is 15.6. The molecular weight excluding hydrogens is 523 g/mol. The SMILES string of the molecule is COc1cccc(CSc2nnc(CNC(=O)CSc3ccccc3)n2-c2ccc(Cl)cc2Cl)c1. The highest BCUT2D eigenvalue weighted by Gasteiger charge is 2.18. The Bertz CT molecular complexity index is 1300. The molecule has 4 aromatic rings. The van der Waals surface area contributed by atoms with Crippen LogP contribution in [0.5, 0.6) is 5.75 Å². The zero-order valence-corrected chi connectivity index (χ0v) is 21.9. The highest BCUT2D eigenvalue weighted by atomic mass is 35.5. The van der Waals surface area contributed by atoms with Crippen LogP contribution < -0.4 is 10.1 Å². The molecule has 1 amide bonds. The maximum atomic E-state index is 12.5. The van der Waals surface area contributed by atoms with E-state index >= 15 is 0 Å². The van der Waals surface area contributed by atoms with Gasteiger partial charge in [0.1, 0.15) is 5.75 Å². The standard InChI is InChI=1S/C25H22Cl2N4O2S2/c1-33-19-7-5-6-17(12-19)15-35-25-30-29-23(31(25)22-11-10-18(26)13-21(22)27)14-28-24(32)16-34-20-8-3-2-4-9-20/h2-13H,14-16H2,1H3,(H,28,32). The van der Waals surface area contributed by atoms with Crippen molar-refractivity contribution in [2.45, 2.75) is 22.3 Å². The summed E-state index contributed by atoms with van der Waals surface area (Å²) in [7, 11) is 1.64. The molecule has 0 saturated carbocycles. The predicted octanol–water partition coefficient (Wildman–Crippen LogP) is 6.28. The molecule has 1 N–H and O–H groups in total. The number of nitrogens with one attached hydrogen (secondary N) is 1. The minimum Gasteiger partial charge on any atom is -0.497 e. The monoisotopic (exact) mass is 544 g/mol. The minimum absolute atomic E-state index is 0.0961. The second kappa shape index (κ2) is 12.4. The molecule has 35 heavy (non-hydrogen) atoms. The highest BCUT2D eigenvalue weighted by Crippen LogP contribution is 2.31. The largest absolute Gasteiger partial charge is 0.497 e. The van der Waals surface area contributed by atoms with E-state index in [0.29, 0.717) is 38.2 Å².